The van der Waals surface area contributed by atoms with Crippen LogP contribution >= 0.6 is 0 Å². The molecule has 0 spiro atoms. The Morgan fingerprint density at radius 3 is 2.82 bits per heavy atom. The first kappa shape index (κ1) is 12.1. The van der Waals surface area contributed by atoms with E-state index in [1.165, 1.54) is 5.56 Å². The largest absolute Gasteiger partial charge is 0.458 e. The van der Waals surface area contributed by atoms with Gasteiger partial charge in [-0.1, -0.05) is 11.6 Å². The summed E-state index contributed by atoms with van der Waals surface area (Å²) in [5.74, 6) is 0.562. The Labute approximate surface area is 101 Å². The number of ether oxygens (including phenoxy) is 1. The zero-order valence-electron chi connectivity index (χ0n) is 10.4. The molecule has 92 valence electrons. The van der Waals surface area contributed by atoms with Crippen LogP contribution < -0.4 is 0 Å². The van der Waals surface area contributed by atoms with Gasteiger partial charge in [0.2, 0.25) is 0 Å². The van der Waals surface area contributed by atoms with Gasteiger partial charge in [-0.15, -0.1) is 0 Å². The zero-order valence-corrected chi connectivity index (χ0v) is 10.4. The lowest BCUT2D eigenvalue weighted by molar-refractivity contribution is -0.0312. The minimum Gasteiger partial charge on any atom is -0.458 e. The summed E-state index contributed by atoms with van der Waals surface area (Å²) >= 11 is 0. The van der Waals surface area contributed by atoms with Gasteiger partial charge in [0, 0.05) is 12.0 Å². The van der Waals surface area contributed by atoms with Crippen molar-refractivity contribution in [3.05, 3.63) is 35.6 Å². The van der Waals surface area contributed by atoms with Crippen molar-refractivity contribution in [1.82, 2.24) is 0 Å². The van der Waals surface area contributed by atoms with Crippen LogP contribution in [0.25, 0.3) is 11.0 Å². The fraction of sp³-hybridized carbons (Fsp3) is 0.429. The quantitative estimate of drug-likeness (QED) is 0.883. The van der Waals surface area contributed by atoms with Crippen molar-refractivity contribution < 1.29 is 14.3 Å². The summed E-state index contributed by atoms with van der Waals surface area (Å²) in [4.78, 5) is 0. The first-order chi connectivity index (χ1) is 8.11. The van der Waals surface area contributed by atoms with Crippen LogP contribution in [-0.4, -0.2) is 17.8 Å². The maximum absolute atomic E-state index is 10.1. The molecule has 17 heavy (non-hydrogen) atoms. The Hall–Kier alpha value is -1.32. The van der Waals surface area contributed by atoms with E-state index in [2.05, 4.69) is 0 Å². The molecule has 2 atom stereocenters. The minimum absolute atomic E-state index is 0.262. The molecule has 0 radical (unpaired) electrons. The van der Waals surface area contributed by atoms with E-state index in [0.717, 1.165) is 11.0 Å². The van der Waals surface area contributed by atoms with Gasteiger partial charge in [0.15, 0.2) is 0 Å². The summed E-state index contributed by atoms with van der Waals surface area (Å²) < 4.78 is 11.0. The van der Waals surface area contributed by atoms with E-state index in [1.54, 1.807) is 0 Å². The molecule has 1 N–H and O–H groups in total. The Morgan fingerprint density at radius 2 is 2.12 bits per heavy atom. The summed E-state index contributed by atoms with van der Waals surface area (Å²) in [5.41, 5.74) is 1.98. The third-order valence-electron chi connectivity index (χ3n) is 2.86. The van der Waals surface area contributed by atoms with Gasteiger partial charge in [0.05, 0.1) is 6.10 Å². The van der Waals surface area contributed by atoms with Crippen LogP contribution in [0.4, 0.5) is 0 Å². The molecule has 0 aliphatic carbocycles. The van der Waals surface area contributed by atoms with Crippen LogP contribution in [0.5, 0.6) is 0 Å². The molecular formula is C14H18O3. The highest BCUT2D eigenvalue weighted by atomic mass is 16.5. The number of fused-ring (bicyclic) bond motifs is 1. The number of furan rings is 1. The normalized spacial score (nSPS) is 15.1. The van der Waals surface area contributed by atoms with Crippen molar-refractivity contribution in [2.24, 2.45) is 0 Å². The van der Waals surface area contributed by atoms with Gasteiger partial charge in [-0.05, 0) is 39.0 Å². The molecule has 1 heterocycles. The van der Waals surface area contributed by atoms with Crippen molar-refractivity contribution >= 4 is 11.0 Å². The minimum atomic E-state index is -0.720. The van der Waals surface area contributed by atoms with Gasteiger partial charge < -0.3 is 14.3 Å². The monoisotopic (exact) mass is 234 g/mol. The summed E-state index contributed by atoms with van der Waals surface area (Å²) in [5, 5.41) is 11.1. The third kappa shape index (κ3) is 2.51. The van der Waals surface area contributed by atoms with E-state index >= 15 is 0 Å². The molecule has 0 bridgehead atoms. The number of hydrogen-bond acceptors (Lipinski definition) is 3. The second kappa shape index (κ2) is 4.90. The molecular weight excluding hydrogens is 216 g/mol. The lowest BCUT2D eigenvalue weighted by atomic mass is 10.1. The molecule has 3 nitrogen and oxygen atoms in total. The molecule has 0 aliphatic rings. The molecule has 1 aromatic heterocycles. The van der Waals surface area contributed by atoms with Crippen molar-refractivity contribution in [2.45, 2.75) is 33.0 Å². The molecule has 0 amide bonds. The Bertz CT molecular complexity index is 501. The van der Waals surface area contributed by atoms with Crippen LogP contribution in [0, 0.1) is 6.92 Å². The highest BCUT2D eigenvalue weighted by Crippen LogP contribution is 2.27. The molecule has 1 aromatic carbocycles. The second-order valence-electron chi connectivity index (χ2n) is 4.30. The average molecular weight is 234 g/mol. The predicted molar refractivity (Wildman–Crippen MR) is 67.0 cm³/mol. The number of rotatable bonds is 4. The number of aryl methyl sites for hydroxylation is 1. The van der Waals surface area contributed by atoms with Crippen molar-refractivity contribution in [3.8, 4) is 0 Å². The fourth-order valence-electron chi connectivity index (χ4n) is 1.91. The topological polar surface area (TPSA) is 42.6 Å². The van der Waals surface area contributed by atoms with Crippen LogP contribution in [-0.2, 0) is 4.74 Å². The molecule has 3 heteroatoms. The molecule has 2 unspecified atom stereocenters. The predicted octanol–water partition coefficient (Wildman–Crippen LogP) is 3.20. The summed E-state index contributed by atoms with van der Waals surface area (Å²) in [6, 6.07) is 7.84. The molecule has 2 rings (SSSR count). The smallest absolute Gasteiger partial charge is 0.137 e. The molecule has 0 saturated heterocycles. The maximum atomic E-state index is 10.1. The van der Waals surface area contributed by atoms with E-state index in [9.17, 15) is 5.11 Å². The lowest BCUT2D eigenvalue weighted by Gasteiger charge is -2.16. The maximum Gasteiger partial charge on any atom is 0.137 e. The van der Waals surface area contributed by atoms with Gasteiger partial charge in [-0.25, -0.2) is 0 Å². The van der Waals surface area contributed by atoms with Crippen LogP contribution in [0.3, 0.4) is 0 Å². The van der Waals surface area contributed by atoms with E-state index in [4.69, 9.17) is 9.15 Å². The Kier molecular flexibility index (Phi) is 3.50. The van der Waals surface area contributed by atoms with Gasteiger partial charge in [-0.2, -0.15) is 0 Å². The first-order valence-corrected chi connectivity index (χ1v) is 5.91. The molecule has 0 aliphatic heterocycles. The molecule has 0 saturated carbocycles. The summed E-state index contributed by atoms with van der Waals surface area (Å²) in [7, 11) is 0. The Morgan fingerprint density at radius 1 is 1.35 bits per heavy atom. The average Bonchev–Trinajstić information content (AvgIpc) is 2.71. The molecule has 2 aromatic rings. The van der Waals surface area contributed by atoms with Crippen molar-refractivity contribution in [1.29, 1.82) is 0 Å². The highest BCUT2D eigenvalue weighted by Gasteiger charge is 2.20. The SMILES string of the molecule is CCOC(C)C(O)c1cc2cc(C)ccc2o1. The van der Waals surface area contributed by atoms with Crippen LogP contribution in [0.1, 0.15) is 31.3 Å². The van der Waals surface area contributed by atoms with E-state index in [1.807, 2.05) is 45.0 Å². The third-order valence-corrected chi connectivity index (χ3v) is 2.86. The summed E-state index contributed by atoms with van der Waals surface area (Å²) in [6.45, 7) is 6.36. The van der Waals surface area contributed by atoms with Gasteiger partial charge in [-0.3, -0.25) is 0 Å². The number of hydrogen-bond donors (Lipinski definition) is 1. The number of benzene rings is 1. The second-order valence-corrected chi connectivity index (χ2v) is 4.30. The van der Waals surface area contributed by atoms with Gasteiger partial charge >= 0.3 is 0 Å². The zero-order chi connectivity index (χ0) is 12.4. The van der Waals surface area contributed by atoms with Crippen LogP contribution in [0.15, 0.2) is 28.7 Å². The number of aliphatic hydroxyl groups is 1. The molecule has 0 fully saturated rings. The fourth-order valence-corrected chi connectivity index (χ4v) is 1.91. The Balaban J connectivity index is 2.29. The first-order valence-electron chi connectivity index (χ1n) is 5.91. The van der Waals surface area contributed by atoms with Gasteiger partial charge in [0.1, 0.15) is 17.4 Å². The van der Waals surface area contributed by atoms with E-state index < -0.39 is 6.10 Å². The summed E-state index contributed by atoms with van der Waals surface area (Å²) in [6.07, 6.45) is -0.982. The number of aliphatic hydroxyl groups excluding tert-OH is 1. The van der Waals surface area contributed by atoms with Crippen LogP contribution in [0.2, 0.25) is 0 Å². The lowest BCUT2D eigenvalue weighted by Crippen LogP contribution is -2.17. The highest BCUT2D eigenvalue weighted by molar-refractivity contribution is 5.78. The standard InChI is InChI=1S/C14H18O3/c1-4-16-10(3)14(15)13-8-11-7-9(2)5-6-12(11)17-13/h5-8,10,14-15H,4H2,1-3H3. The van der Waals surface area contributed by atoms with E-state index in [-0.39, 0.29) is 6.10 Å². The van der Waals surface area contributed by atoms with Gasteiger partial charge in [0.25, 0.3) is 0 Å². The van der Waals surface area contributed by atoms with Crippen molar-refractivity contribution in [3.63, 3.8) is 0 Å². The van der Waals surface area contributed by atoms with Crippen molar-refractivity contribution in [2.75, 3.05) is 6.61 Å². The van der Waals surface area contributed by atoms with E-state index in [0.29, 0.717) is 12.4 Å².